The SMILES string of the molecule is CCOC(=O)C(CN(C)C1CCCCCC1)(NC)C1CC1. The Hall–Kier alpha value is -0.610. The lowest BCUT2D eigenvalue weighted by Crippen LogP contribution is -2.60. The van der Waals surface area contributed by atoms with Crippen molar-refractivity contribution in [1.82, 2.24) is 10.2 Å². The normalized spacial score (nSPS) is 23.6. The van der Waals surface area contributed by atoms with Gasteiger partial charge in [0.2, 0.25) is 0 Å². The van der Waals surface area contributed by atoms with Gasteiger partial charge in [-0.1, -0.05) is 25.7 Å². The van der Waals surface area contributed by atoms with Gasteiger partial charge in [0.15, 0.2) is 0 Å². The molecule has 4 nitrogen and oxygen atoms in total. The molecule has 0 aliphatic heterocycles. The van der Waals surface area contributed by atoms with E-state index >= 15 is 0 Å². The second kappa shape index (κ2) is 7.59. The molecule has 21 heavy (non-hydrogen) atoms. The number of hydrogen-bond donors (Lipinski definition) is 1. The van der Waals surface area contributed by atoms with Crippen LogP contribution in [0.25, 0.3) is 0 Å². The third kappa shape index (κ3) is 3.98. The average molecular weight is 296 g/mol. The number of carbonyl (C=O) groups excluding carboxylic acids is 1. The van der Waals surface area contributed by atoms with Gasteiger partial charge < -0.3 is 15.0 Å². The summed E-state index contributed by atoms with van der Waals surface area (Å²) >= 11 is 0. The van der Waals surface area contributed by atoms with Gasteiger partial charge in [-0.2, -0.15) is 0 Å². The van der Waals surface area contributed by atoms with Crippen LogP contribution in [0.2, 0.25) is 0 Å². The van der Waals surface area contributed by atoms with Crippen molar-refractivity contribution in [2.24, 2.45) is 5.92 Å². The molecule has 0 aromatic rings. The minimum absolute atomic E-state index is 0.0597. The molecule has 1 unspecified atom stereocenters. The van der Waals surface area contributed by atoms with Gasteiger partial charge in [0.25, 0.3) is 0 Å². The van der Waals surface area contributed by atoms with Gasteiger partial charge >= 0.3 is 5.97 Å². The highest BCUT2D eigenvalue weighted by Crippen LogP contribution is 2.41. The molecule has 0 heterocycles. The van der Waals surface area contributed by atoms with Crippen LogP contribution in [0.15, 0.2) is 0 Å². The van der Waals surface area contributed by atoms with E-state index in [1.54, 1.807) is 0 Å². The molecule has 2 aliphatic rings. The number of nitrogens with zero attached hydrogens (tertiary/aromatic N) is 1. The first-order valence-electron chi connectivity index (χ1n) is 8.70. The number of carbonyl (C=O) groups is 1. The lowest BCUT2D eigenvalue weighted by atomic mass is 9.91. The first kappa shape index (κ1) is 16.8. The second-order valence-electron chi connectivity index (χ2n) is 6.78. The minimum atomic E-state index is -0.503. The fourth-order valence-corrected chi connectivity index (χ4v) is 3.80. The first-order valence-corrected chi connectivity index (χ1v) is 8.70. The lowest BCUT2D eigenvalue weighted by molar-refractivity contribution is -0.153. The third-order valence-electron chi connectivity index (χ3n) is 5.31. The van der Waals surface area contributed by atoms with Gasteiger partial charge in [0.05, 0.1) is 6.61 Å². The predicted octanol–water partition coefficient (Wildman–Crippen LogP) is 2.57. The zero-order valence-electron chi connectivity index (χ0n) is 14.0. The summed E-state index contributed by atoms with van der Waals surface area (Å²) in [6.45, 7) is 3.13. The minimum Gasteiger partial charge on any atom is -0.465 e. The van der Waals surface area contributed by atoms with Crippen LogP contribution in [-0.2, 0) is 9.53 Å². The molecular formula is C17H32N2O2. The quantitative estimate of drug-likeness (QED) is 0.579. The summed E-state index contributed by atoms with van der Waals surface area (Å²) in [6.07, 6.45) is 10.2. The standard InChI is InChI=1S/C17H32N2O2/c1-4-21-16(20)17(18-2,14-11-12-14)13-19(3)15-9-7-5-6-8-10-15/h14-15,18H,4-13H2,1-3H3. The number of rotatable bonds is 7. The lowest BCUT2D eigenvalue weighted by Gasteiger charge is -2.38. The van der Waals surface area contributed by atoms with Gasteiger partial charge in [-0.3, -0.25) is 0 Å². The van der Waals surface area contributed by atoms with Crippen molar-refractivity contribution in [3.05, 3.63) is 0 Å². The van der Waals surface area contributed by atoms with E-state index in [0.717, 1.165) is 19.4 Å². The Morgan fingerprint density at radius 3 is 2.29 bits per heavy atom. The summed E-state index contributed by atoms with van der Waals surface area (Å²) in [5.74, 6) is 0.380. The van der Waals surface area contributed by atoms with Crippen LogP contribution in [0.5, 0.6) is 0 Å². The van der Waals surface area contributed by atoms with Gasteiger partial charge in [0, 0.05) is 12.6 Å². The summed E-state index contributed by atoms with van der Waals surface area (Å²) in [4.78, 5) is 15.0. The monoisotopic (exact) mass is 296 g/mol. The Balaban J connectivity index is 2.04. The Morgan fingerprint density at radius 1 is 1.19 bits per heavy atom. The van der Waals surface area contributed by atoms with E-state index in [-0.39, 0.29) is 5.97 Å². The van der Waals surface area contributed by atoms with Gasteiger partial charge in [-0.15, -0.1) is 0 Å². The molecule has 0 spiro atoms. The number of likely N-dealkylation sites (N-methyl/N-ethyl adjacent to an activating group) is 2. The molecule has 4 heteroatoms. The maximum Gasteiger partial charge on any atom is 0.327 e. The summed E-state index contributed by atoms with van der Waals surface area (Å²) in [5.41, 5.74) is -0.503. The highest BCUT2D eigenvalue weighted by atomic mass is 16.5. The van der Waals surface area contributed by atoms with E-state index in [9.17, 15) is 4.79 Å². The topological polar surface area (TPSA) is 41.6 Å². The molecule has 2 rings (SSSR count). The molecule has 2 aliphatic carbocycles. The highest BCUT2D eigenvalue weighted by Gasteiger charge is 2.52. The Bertz CT molecular complexity index is 336. The zero-order chi connectivity index (χ0) is 15.3. The maximum atomic E-state index is 12.6. The molecule has 1 N–H and O–H groups in total. The van der Waals surface area contributed by atoms with Crippen molar-refractivity contribution in [2.45, 2.75) is 69.9 Å². The highest BCUT2D eigenvalue weighted by molar-refractivity contribution is 5.82. The third-order valence-corrected chi connectivity index (χ3v) is 5.31. The number of esters is 1. The molecule has 0 aromatic carbocycles. The van der Waals surface area contributed by atoms with Crippen LogP contribution in [0.1, 0.15) is 58.3 Å². The van der Waals surface area contributed by atoms with Crippen molar-refractivity contribution in [3.63, 3.8) is 0 Å². The van der Waals surface area contributed by atoms with Gasteiger partial charge in [-0.25, -0.2) is 4.79 Å². The zero-order valence-corrected chi connectivity index (χ0v) is 14.0. The summed E-state index contributed by atoms with van der Waals surface area (Å²) in [5, 5.41) is 3.33. The maximum absolute atomic E-state index is 12.6. The molecule has 2 fully saturated rings. The molecule has 2 saturated carbocycles. The molecule has 1 atom stereocenters. The first-order chi connectivity index (χ1) is 10.1. The second-order valence-corrected chi connectivity index (χ2v) is 6.78. The van der Waals surface area contributed by atoms with Crippen LogP contribution in [0.4, 0.5) is 0 Å². The smallest absolute Gasteiger partial charge is 0.327 e. The molecule has 122 valence electrons. The van der Waals surface area contributed by atoms with Gasteiger partial charge in [0.1, 0.15) is 5.54 Å². The van der Waals surface area contributed by atoms with Crippen molar-refractivity contribution < 1.29 is 9.53 Å². The number of hydrogen-bond acceptors (Lipinski definition) is 4. The van der Waals surface area contributed by atoms with Gasteiger partial charge in [-0.05, 0) is 52.6 Å². The van der Waals surface area contributed by atoms with Crippen LogP contribution >= 0.6 is 0 Å². The molecule has 0 aromatic heterocycles. The van der Waals surface area contributed by atoms with E-state index in [1.807, 2.05) is 14.0 Å². The van der Waals surface area contributed by atoms with Crippen LogP contribution in [-0.4, -0.2) is 49.7 Å². The fourth-order valence-electron chi connectivity index (χ4n) is 3.80. The van der Waals surface area contributed by atoms with Crippen molar-refractivity contribution in [1.29, 1.82) is 0 Å². The summed E-state index contributed by atoms with van der Waals surface area (Å²) in [6, 6.07) is 0.619. The Labute approximate surface area is 129 Å². The molecule has 0 bridgehead atoms. The van der Waals surface area contributed by atoms with Crippen molar-refractivity contribution in [2.75, 3.05) is 27.2 Å². The number of nitrogens with one attached hydrogen (secondary N) is 1. The van der Waals surface area contributed by atoms with Crippen LogP contribution < -0.4 is 5.32 Å². The average Bonchev–Trinajstić information content (AvgIpc) is 3.30. The molecule has 0 saturated heterocycles. The number of ether oxygens (including phenoxy) is 1. The largest absolute Gasteiger partial charge is 0.465 e. The van der Waals surface area contributed by atoms with E-state index in [2.05, 4.69) is 17.3 Å². The Kier molecular flexibility index (Phi) is 6.06. The van der Waals surface area contributed by atoms with E-state index < -0.39 is 5.54 Å². The summed E-state index contributed by atoms with van der Waals surface area (Å²) in [7, 11) is 4.10. The van der Waals surface area contributed by atoms with Crippen LogP contribution in [0, 0.1) is 5.92 Å². The molecule has 0 amide bonds. The van der Waals surface area contributed by atoms with E-state index in [0.29, 0.717) is 18.6 Å². The molecular weight excluding hydrogens is 264 g/mol. The van der Waals surface area contributed by atoms with Crippen molar-refractivity contribution in [3.8, 4) is 0 Å². The fraction of sp³-hybridized carbons (Fsp3) is 0.941. The predicted molar refractivity (Wildman–Crippen MR) is 85.3 cm³/mol. The molecule has 0 radical (unpaired) electrons. The van der Waals surface area contributed by atoms with E-state index in [1.165, 1.54) is 38.5 Å². The summed E-state index contributed by atoms with van der Waals surface area (Å²) < 4.78 is 5.38. The van der Waals surface area contributed by atoms with E-state index in [4.69, 9.17) is 4.74 Å². The van der Waals surface area contributed by atoms with Crippen molar-refractivity contribution >= 4 is 5.97 Å². The van der Waals surface area contributed by atoms with Crippen LogP contribution in [0.3, 0.4) is 0 Å². The Morgan fingerprint density at radius 2 is 1.81 bits per heavy atom.